The van der Waals surface area contributed by atoms with Crippen LogP contribution in [-0.4, -0.2) is 25.3 Å². The van der Waals surface area contributed by atoms with Gasteiger partial charge in [-0.15, -0.1) is 11.8 Å². The normalized spacial score (nSPS) is 11.1. The number of benzene rings is 1. The van der Waals surface area contributed by atoms with Gasteiger partial charge in [-0.25, -0.2) is 0 Å². The third-order valence-electron chi connectivity index (χ3n) is 2.50. The third-order valence-corrected chi connectivity index (χ3v) is 3.28. The highest BCUT2D eigenvalue weighted by Crippen LogP contribution is 2.29. The van der Waals surface area contributed by atoms with Gasteiger partial charge in [-0.1, -0.05) is 6.07 Å². The zero-order valence-electron chi connectivity index (χ0n) is 12.1. The monoisotopic (exact) mass is 290 g/mol. The summed E-state index contributed by atoms with van der Waals surface area (Å²) in [5.41, 5.74) is 0.841. The summed E-state index contributed by atoms with van der Waals surface area (Å²) in [6, 6.07) is 7.49. The fraction of sp³-hybridized carbons (Fsp3) is 0.333. The maximum atomic E-state index is 11.8. The molecule has 0 unspecified atom stereocenters. The topological polar surface area (TPSA) is 62.1 Å². The number of methoxy groups -OCH3 is 1. The molecule has 20 heavy (non-hydrogen) atoms. The van der Waals surface area contributed by atoms with Gasteiger partial charge in [0, 0.05) is 10.9 Å². The van der Waals surface area contributed by atoms with Gasteiger partial charge in [0.2, 0.25) is 0 Å². The summed E-state index contributed by atoms with van der Waals surface area (Å²) in [5.74, 6) is 0.364. The van der Waals surface area contributed by atoms with Gasteiger partial charge in [0.25, 0.3) is 5.91 Å². The lowest BCUT2D eigenvalue weighted by atomic mass is 10.1. The number of ether oxygens (including phenoxy) is 1. The molecule has 1 N–H and O–H groups in total. The van der Waals surface area contributed by atoms with Crippen LogP contribution in [0.2, 0.25) is 0 Å². The number of hydrogen-bond acceptors (Lipinski definition) is 4. The van der Waals surface area contributed by atoms with E-state index in [4.69, 9.17) is 10.00 Å². The van der Waals surface area contributed by atoms with E-state index < -0.39 is 0 Å². The van der Waals surface area contributed by atoms with E-state index in [1.807, 2.05) is 44.4 Å². The van der Waals surface area contributed by atoms with Crippen LogP contribution in [0, 0.1) is 11.3 Å². The van der Waals surface area contributed by atoms with E-state index in [9.17, 15) is 4.79 Å². The number of carbonyl (C=O) groups excluding carboxylic acids is 1. The first kappa shape index (κ1) is 16.1. The Morgan fingerprint density at radius 1 is 1.50 bits per heavy atom. The predicted molar refractivity (Wildman–Crippen MR) is 81.6 cm³/mol. The van der Waals surface area contributed by atoms with Gasteiger partial charge in [-0.2, -0.15) is 5.26 Å². The first-order valence-electron chi connectivity index (χ1n) is 6.16. The second kappa shape index (κ2) is 7.61. The number of thioether (sulfide) groups is 1. The second-order valence-corrected chi connectivity index (χ2v) is 5.26. The van der Waals surface area contributed by atoms with Crippen LogP contribution in [0.4, 0.5) is 0 Å². The van der Waals surface area contributed by atoms with Gasteiger partial charge >= 0.3 is 0 Å². The summed E-state index contributed by atoms with van der Waals surface area (Å²) in [5, 5.41) is 11.8. The molecule has 1 amide bonds. The molecule has 0 spiro atoms. The summed E-state index contributed by atoms with van der Waals surface area (Å²) in [6.45, 7) is 3.70. The minimum absolute atomic E-state index is 0.00680. The van der Waals surface area contributed by atoms with E-state index in [2.05, 4.69) is 5.32 Å². The fourth-order valence-electron chi connectivity index (χ4n) is 1.60. The van der Waals surface area contributed by atoms with Crippen LogP contribution >= 0.6 is 11.8 Å². The first-order chi connectivity index (χ1) is 9.51. The van der Waals surface area contributed by atoms with E-state index >= 15 is 0 Å². The molecular formula is C15H18N2O2S. The van der Waals surface area contributed by atoms with Gasteiger partial charge in [0.1, 0.15) is 17.4 Å². The van der Waals surface area contributed by atoms with Gasteiger partial charge < -0.3 is 10.1 Å². The fourth-order valence-corrected chi connectivity index (χ4v) is 2.15. The smallest absolute Gasteiger partial charge is 0.262 e. The Labute approximate surface area is 123 Å². The van der Waals surface area contributed by atoms with Crippen LogP contribution in [0.1, 0.15) is 19.4 Å². The van der Waals surface area contributed by atoms with Gasteiger partial charge in [-0.3, -0.25) is 4.79 Å². The summed E-state index contributed by atoms with van der Waals surface area (Å²) in [7, 11) is 1.60. The minimum Gasteiger partial charge on any atom is -0.496 e. The van der Waals surface area contributed by atoms with Crippen molar-refractivity contribution in [3.05, 3.63) is 29.3 Å². The molecule has 1 aromatic rings. The maximum Gasteiger partial charge on any atom is 0.262 e. The molecule has 0 bridgehead atoms. The molecule has 0 saturated heterocycles. The van der Waals surface area contributed by atoms with Crippen LogP contribution in [-0.2, 0) is 4.79 Å². The lowest BCUT2D eigenvalue weighted by molar-refractivity contribution is -0.117. The molecule has 0 aliphatic carbocycles. The van der Waals surface area contributed by atoms with Gasteiger partial charge in [0.15, 0.2) is 0 Å². The molecule has 0 aliphatic heterocycles. The molecular weight excluding hydrogens is 272 g/mol. The van der Waals surface area contributed by atoms with Crippen molar-refractivity contribution in [1.29, 1.82) is 5.26 Å². The SMILES string of the molecule is COc1cc(C=C(C#N)C(=O)NC(C)C)ccc1SC. The number of amides is 1. The quantitative estimate of drug-likeness (QED) is 0.514. The average Bonchev–Trinajstić information content (AvgIpc) is 2.43. The van der Waals surface area contributed by atoms with Crippen molar-refractivity contribution < 1.29 is 9.53 Å². The Morgan fingerprint density at radius 2 is 2.20 bits per heavy atom. The van der Waals surface area contributed by atoms with Crippen molar-refractivity contribution in [1.82, 2.24) is 5.32 Å². The molecule has 0 saturated carbocycles. The van der Waals surface area contributed by atoms with Gasteiger partial charge in [0.05, 0.1) is 7.11 Å². The highest BCUT2D eigenvalue weighted by molar-refractivity contribution is 7.98. The summed E-state index contributed by atoms with van der Waals surface area (Å²) in [4.78, 5) is 12.8. The van der Waals surface area contributed by atoms with Crippen LogP contribution in [0.25, 0.3) is 6.08 Å². The molecule has 0 aliphatic rings. The molecule has 0 heterocycles. The largest absolute Gasteiger partial charge is 0.496 e. The number of nitriles is 1. The van der Waals surface area contributed by atoms with Crippen LogP contribution < -0.4 is 10.1 Å². The number of rotatable bonds is 5. The summed E-state index contributed by atoms with van der Waals surface area (Å²) >= 11 is 1.58. The van der Waals surface area contributed by atoms with Crippen molar-refractivity contribution in [2.75, 3.05) is 13.4 Å². The Balaban J connectivity index is 3.08. The summed E-state index contributed by atoms with van der Waals surface area (Å²) in [6.07, 6.45) is 3.52. The highest BCUT2D eigenvalue weighted by atomic mass is 32.2. The standard InChI is InChI=1S/C15H18N2O2S/c1-10(2)17-15(18)12(9-16)7-11-5-6-14(20-4)13(8-11)19-3/h5-8,10H,1-4H3,(H,17,18). The van der Waals surface area contributed by atoms with Crippen molar-refractivity contribution in [3.8, 4) is 11.8 Å². The minimum atomic E-state index is -0.365. The van der Waals surface area contributed by atoms with Gasteiger partial charge in [-0.05, 0) is 43.9 Å². The van der Waals surface area contributed by atoms with Crippen LogP contribution in [0.3, 0.4) is 0 Å². The second-order valence-electron chi connectivity index (χ2n) is 4.41. The highest BCUT2D eigenvalue weighted by Gasteiger charge is 2.10. The average molecular weight is 290 g/mol. The lowest BCUT2D eigenvalue weighted by Gasteiger charge is -2.08. The molecule has 5 heteroatoms. The van der Waals surface area contributed by atoms with E-state index in [1.54, 1.807) is 24.9 Å². The van der Waals surface area contributed by atoms with Crippen LogP contribution in [0.15, 0.2) is 28.7 Å². The zero-order valence-corrected chi connectivity index (χ0v) is 12.9. The molecule has 1 aromatic carbocycles. The molecule has 106 valence electrons. The number of nitrogens with one attached hydrogen (secondary N) is 1. The van der Waals surface area contributed by atoms with Crippen LogP contribution in [0.5, 0.6) is 5.75 Å². The molecule has 0 radical (unpaired) electrons. The van der Waals surface area contributed by atoms with Crippen molar-refractivity contribution >= 4 is 23.7 Å². The Hall–Kier alpha value is -1.93. The van der Waals surface area contributed by atoms with E-state index in [0.29, 0.717) is 0 Å². The van der Waals surface area contributed by atoms with E-state index in [0.717, 1.165) is 16.2 Å². The molecule has 4 nitrogen and oxygen atoms in total. The Bertz CT molecular complexity index is 559. The lowest BCUT2D eigenvalue weighted by Crippen LogP contribution is -2.30. The first-order valence-corrected chi connectivity index (χ1v) is 7.39. The van der Waals surface area contributed by atoms with Crippen molar-refractivity contribution in [3.63, 3.8) is 0 Å². The van der Waals surface area contributed by atoms with E-state index in [-0.39, 0.29) is 17.5 Å². The molecule has 0 aromatic heterocycles. The number of carbonyl (C=O) groups is 1. The van der Waals surface area contributed by atoms with E-state index in [1.165, 1.54) is 0 Å². The summed E-state index contributed by atoms with van der Waals surface area (Å²) < 4.78 is 5.28. The third kappa shape index (κ3) is 4.32. The zero-order chi connectivity index (χ0) is 15.1. The van der Waals surface area contributed by atoms with Crippen molar-refractivity contribution in [2.24, 2.45) is 0 Å². The van der Waals surface area contributed by atoms with Crippen molar-refractivity contribution in [2.45, 2.75) is 24.8 Å². The Kier molecular flexibility index (Phi) is 6.13. The maximum absolute atomic E-state index is 11.8. The molecule has 0 fully saturated rings. The number of nitrogens with zero attached hydrogens (tertiary/aromatic N) is 1. The Morgan fingerprint density at radius 3 is 2.70 bits per heavy atom. The molecule has 0 atom stereocenters. The predicted octanol–water partition coefficient (Wildman–Crippen LogP) is 2.85. The molecule has 1 rings (SSSR count). The number of hydrogen-bond donors (Lipinski definition) is 1.